The zero-order valence-corrected chi connectivity index (χ0v) is 17.5. The lowest BCUT2D eigenvalue weighted by molar-refractivity contribution is -0.0768. The van der Waals surface area contributed by atoms with Gasteiger partial charge in [0.2, 0.25) is 17.6 Å². The number of hydrogen-bond acceptors (Lipinski definition) is 9. The number of aryl methyl sites for hydroxylation is 1. The standard InChI is InChI=1S/C22H25N5O4/c1-14-23-19(25-30-14)13-28-17-4-5-18-16(12-17)6-11-29-22(18)7-9-27(10-8-22)21-24-20(31-26-21)15-2-3-15/h4-5,12,15H,2-3,6-11,13H2,1H3. The third-order valence-corrected chi connectivity index (χ3v) is 6.47. The van der Waals surface area contributed by atoms with Crippen LogP contribution in [0, 0.1) is 6.92 Å². The SMILES string of the molecule is Cc1nc(COc2ccc3c(c2)CCOC32CCN(c3noc(C4CC4)n3)CC2)no1. The average Bonchev–Trinajstić information content (AvgIpc) is 3.37. The first kappa shape index (κ1) is 18.8. The third kappa shape index (κ3) is 3.56. The number of piperidine rings is 1. The fourth-order valence-corrected chi connectivity index (χ4v) is 4.63. The average molecular weight is 423 g/mol. The Morgan fingerprint density at radius 3 is 2.77 bits per heavy atom. The molecule has 1 aliphatic carbocycles. The van der Waals surface area contributed by atoms with E-state index in [1.54, 1.807) is 6.92 Å². The Labute approximate surface area is 179 Å². The van der Waals surface area contributed by atoms with Crippen LogP contribution in [0.25, 0.3) is 0 Å². The molecule has 0 bridgehead atoms. The van der Waals surface area contributed by atoms with E-state index in [4.69, 9.17) is 18.5 Å². The van der Waals surface area contributed by atoms with Crippen molar-refractivity contribution in [3.63, 3.8) is 0 Å². The molecular weight excluding hydrogens is 398 g/mol. The van der Waals surface area contributed by atoms with Crippen molar-refractivity contribution in [1.29, 1.82) is 0 Å². The van der Waals surface area contributed by atoms with Crippen LogP contribution in [0.5, 0.6) is 5.75 Å². The number of hydrogen-bond donors (Lipinski definition) is 0. The number of fused-ring (bicyclic) bond motifs is 2. The van der Waals surface area contributed by atoms with E-state index in [-0.39, 0.29) is 5.60 Å². The topological polar surface area (TPSA) is 99.5 Å². The first-order valence-corrected chi connectivity index (χ1v) is 11.0. The molecule has 0 atom stereocenters. The monoisotopic (exact) mass is 423 g/mol. The molecule has 2 fully saturated rings. The van der Waals surface area contributed by atoms with Gasteiger partial charge in [-0.1, -0.05) is 11.2 Å². The Balaban J connectivity index is 1.15. The molecule has 4 heterocycles. The highest BCUT2D eigenvalue weighted by molar-refractivity contribution is 5.42. The molecule has 31 heavy (non-hydrogen) atoms. The van der Waals surface area contributed by atoms with E-state index in [0.717, 1.165) is 56.8 Å². The molecule has 3 aliphatic rings. The van der Waals surface area contributed by atoms with Crippen LogP contribution < -0.4 is 9.64 Å². The quantitative estimate of drug-likeness (QED) is 0.612. The van der Waals surface area contributed by atoms with Crippen molar-refractivity contribution in [2.45, 2.75) is 57.2 Å². The summed E-state index contributed by atoms with van der Waals surface area (Å²) in [5.41, 5.74) is 2.31. The van der Waals surface area contributed by atoms with Crippen LogP contribution in [0.1, 0.15) is 60.3 Å². The molecule has 1 aromatic carbocycles. The molecular formula is C22H25N5O4. The Kier molecular flexibility index (Phi) is 4.45. The summed E-state index contributed by atoms with van der Waals surface area (Å²) in [4.78, 5) is 11.0. The maximum Gasteiger partial charge on any atom is 0.266 e. The van der Waals surface area contributed by atoms with Crippen molar-refractivity contribution in [3.8, 4) is 5.75 Å². The lowest BCUT2D eigenvalue weighted by Gasteiger charge is -2.44. The largest absolute Gasteiger partial charge is 0.485 e. The summed E-state index contributed by atoms with van der Waals surface area (Å²) in [7, 11) is 0. The van der Waals surface area contributed by atoms with Crippen molar-refractivity contribution >= 4 is 5.95 Å². The van der Waals surface area contributed by atoms with Gasteiger partial charge < -0.3 is 23.4 Å². The van der Waals surface area contributed by atoms with Gasteiger partial charge in [0.15, 0.2) is 6.61 Å². The van der Waals surface area contributed by atoms with Crippen LogP contribution in [0.2, 0.25) is 0 Å². The summed E-state index contributed by atoms with van der Waals surface area (Å²) >= 11 is 0. The van der Waals surface area contributed by atoms with Crippen LogP contribution >= 0.6 is 0 Å². The molecule has 3 aromatic rings. The van der Waals surface area contributed by atoms with Gasteiger partial charge in [-0.05, 0) is 60.5 Å². The second-order valence-corrected chi connectivity index (χ2v) is 8.62. The zero-order chi connectivity index (χ0) is 20.8. The molecule has 9 nitrogen and oxygen atoms in total. The molecule has 0 unspecified atom stereocenters. The van der Waals surface area contributed by atoms with Crippen LogP contribution in [-0.4, -0.2) is 40.0 Å². The minimum atomic E-state index is -0.254. The van der Waals surface area contributed by atoms with E-state index in [0.29, 0.717) is 36.8 Å². The fraction of sp³-hybridized carbons (Fsp3) is 0.545. The molecule has 2 aromatic heterocycles. The van der Waals surface area contributed by atoms with Gasteiger partial charge in [0.25, 0.3) is 5.95 Å². The highest BCUT2D eigenvalue weighted by Gasteiger charge is 2.42. The third-order valence-electron chi connectivity index (χ3n) is 6.47. The number of ether oxygens (including phenoxy) is 2. The maximum atomic E-state index is 6.38. The van der Waals surface area contributed by atoms with Crippen molar-refractivity contribution in [2.24, 2.45) is 0 Å². The molecule has 1 saturated carbocycles. The normalized spacial score (nSPS) is 20.1. The smallest absolute Gasteiger partial charge is 0.266 e. The second-order valence-electron chi connectivity index (χ2n) is 8.62. The molecule has 1 spiro atoms. The van der Waals surface area contributed by atoms with Gasteiger partial charge in [-0.15, -0.1) is 0 Å². The van der Waals surface area contributed by atoms with Gasteiger partial charge in [-0.25, -0.2) is 0 Å². The van der Waals surface area contributed by atoms with Gasteiger partial charge in [0, 0.05) is 25.9 Å². The predicted molar refractivity (Wildman–Crippen MR) is 109 cm³/mol. The van der Waals surface area contributed by atoms with Crippen molar-refractivity contribution in [3.05, 3.63) is 46.9 Å². The van der Waals surface area contributed by atoms with E-state index < -0.39 is 0 Å². The summed E-state index contributed by atoms with van der Waals surface area (Å²) in [5, 5.41) is 8.08. The first-order chi connectivity index (χ1) is 15.2. The van der Waals surface area contributed by atoms with E-state index in [1.165, 1.54) is 11.1 Å². The second kappa shape index (κ2) is 7.33. The van der Waals surface area contributed by atoms with E-state index in [2.05, 4.69) is 37.3 Å². The number of benzene rings is 1. The molecule has 1 saturated heterocycles. The fourth-order valence-electron chi connectivity index (χ4n) is 4.63. The Morgan fingerprint density at radius 1 is 1.13 bits per heavy atom. The minimum absolute atomic E-state index is 0.254. The molecule has 0 radical (unpaired) electrons. The number of anilines is 1. The highest BCUT2D eigenvalue weighted by atomic mass is 16.5. The number of nitrogens with zero attached hydrogens (tertiary/aromatic N) is 5. The molecule has 2 aliphatic heterocycles. The first-order valence-electron chi connectivity index (χ1n) is 11.0. The Morgan fingerprint density at radius 2 is 2.00 bits per heavy atom. The van der Waals surface area contributed by atoms with Crippen LogP contribution in [0.3, 0.4) is 0 Å². The zero-order valence-electron chi connectivity index (χ0n) is 17.5. The highest BCUT2D eigenvalue weighted by Crippen LogP contribution is 2.44. The van der Waals surface area contributed by atoms with Crippen LogP contribution in [-0.2, 0) is 23.4 Å². The lowest BCUT2D eigenvalue weighted by Crippen LogP contribution is -2.47. The summed E-state index contributed by atoms with van der Waals surface area (Å²) in [6, 6.07) is 6.29. The minimum Gasteiger partial charge on any atom is -0.485 e. The summed E-state index contributed by atoms with van der Waals surface area (Å²) in [5.74, 6) is 3.89. The van der Waals surface area contributed by atoms with Crippen LogP contribution in [0.15, 0.2) is 27.2 Å². The summed E-state index contributed by atoms with van der Waals surface area (Å²) in [6.45, 7) is 4.47. The summed E-state index contributed by atoms with van der Waals surface area (Å²) < 4.78 is 22.7. The Hall–Kier alpha value is -2.94. The lowest BCUT2D eigenvalue weighted by atomic mass is 9.79. The molecule has 0 amide bonds. The van der Waals surface area contributed by atoms with Gasteiger partial charge in [0.05, 0.1) is 12.2 Å². The van der Waals surface area contributed by atoms with Gasteiger partial charge in [-0.3, -0.25) is 0 Å². The Bertz CT molecular complexity index is 1080. The van der Waals surface area contributed by atoms with E-state index >= 15 is 0 Å². The van der Waals surface area contributed by atoms with E-state index in [1.807, 2.05) is 6.07 Å². The summed E-state index contributed by atoms with van der Waals surface area (Å²) in [6.07, 6.45) is 5.01. The van der Waals surface area contributed by atoms with Crippen LogP contribution in [0.4, 0.5) is 5.95 Å². The van der Waals surface area contributed by atoms with Crippen molar-refractivity contribution in [2.75, 3.05) is 24.6 Å². The van der Waals surface area contributed by atoms with Gasteiger partial charge in [0.1, 0.15) is 5.75 Å². The molecule has 6 rings (SSSR count). The molecule has 0 N–H and O–H groups in total. The van der Waals surface area contributed by atoms with E-state index in [9.17, 15) is 0 Å². The van der Waals surface area contributed by atoms with Crippen molar-refractivity contribution in [1.82, 2.24) is 20.3 Å². The van der Waals surface area contributed by atoms with Gasteiger partial charge >= 0.3 is 0 Å². The molecule has 162 valence electrons. The predicted octanol–water partition coefficient (Wildman–Crippen LogP) is 3.29. The number of rotatable bonds is 5. The maximum absolute atomic E-state index is 6.38. The van der Waals surface area contributed by atoms with Crippen molar-refractivity contribution < 1.29 is 18.5 Å². The van der Waals surface area contributed by atoms with Gasteiger partial charge in [-0.2, -0.15) is 9.97 Å². The molecule has 9 heteroatoms. The number of aromatic nitrogens is 4.